The number of carbonyl (C=O) groups is 4. The molecule has 0 saturated carbocycles. The number of nitrogen functional groups attached to an aromatic ring is 2. The standard InChI is InChI=1S/C28H29N9O3.C15H21IN6O2.C14H11N3O/c1-28(2,3)40-27(39)36-13-5-6-20(15-36)37-25-22(24(29)32-16-33-25)23(35-37)17-7-9-18(10-8-17)26(38)34-21-14-19(30-4)11-12-31-21;1-15(2,3)24-14(23)21-6-4-5-9(7-21)22-13-10(11(16)20-22)12(17)18-8-19-13;1-10-2-4-12(5-3-10)14(18)17-13-8-11(9-15)6-7-16-13/h7-12,14,16,20H,5-6,13,15H2,1-3H3,(H2,29,32,33)(H,31,34,38);8-9H,4-7H2,1-3H3,(H2,17,18,19);2-8H,1H3,(H,16,17,18)/t20-;9-;/m11./s1. The normalized spacial score (nSPS) is 15.1. The maximum atomic E-state index is 12.8. The van der Waals surface area contributed by atoms with Crippen molar-refractivity contribution < 1.29 is 28.7 Å². The molecule has 2 aliphatic rings. The second-order valence-electron chi connectivity index (χ2n) is 21.3. The number of carbonyl (C=O) groups excluding carboxylic acids is 4. The van der Waals surface area contributed by atoms with Gasteiger partial charge in [0.1, 0.15) is 56.5 Å². The molecular weight excluding hydrogens is 1160 g/mol. The van der Waals surface area contributed by atoms with Gasteiger partial charge in [0.05, 0.1) is 41.1 Å². The first kappa shape index (κ1) is 58.8. The van der Waals surface area contributed by atoms with Gasteiger partial charge >= 0.3 is 12.2 Å². The summed E-state index contributed by atoms with van der Waals surface area (Å²) >= 11 is 2.14. The van der Waals surface area contributed by atoms with Crippen LogP contribution in [0.4, 0.5) is 38.5 Å². The molecule has 8 aromatic rings. The lowest BCUT2D eigenvalue weighted by molar-refractivity contribution is 0.0159. The number of fused-ring (bicyclic) bond motifs is 2. The Morgan fingerprint density at radius 2 is 1.17 bits per heavy atom. The number of nitriles is 1. The van der Waals surface area contributed by atoms with Crippen LogP contribution in [0, 0.1) is 28.5 Å². The molecule has 2 saturated heterocycles. The Labute approximate surface area is 486 Å². The fourth-order valence-corrected chi connectivity index (χ4v) is 9.69. The van der Waals surface area contributed by atoms with E-state index in [0.717, 1.165) is 45.9 Å². The number of likely N-dealkylation sites (tertiary alicyclic amines) is 2. The number of piperidine rings is 2. The molecule has 2 aromatic carbocycles. The van der Waals surface area contributed by atoms with Crippen LogP contribution in [0.1, 0.15) is 111 Å². The molecule has 422 valence electrons. The zero-order valence-corrected chi connectivity index (χ0v) is 48.4. The van der Waals surface area contributed by atoms with Gasteiger partial charge in [0.15, 0.2) is 17.0 Å². The van der Waals surface area contributed by atoms with Crippen molar-refractivity contribution in [2.24, 2.45) is 0 Å². The Kier molecular flexibility index (Phi) is 18.2. The van der Waals surface area contributed by atoms with E-state index in [-0.39, 0.29) is 36.1 Å². The lowest BCUT2D eigenvalue weighted by Gasteiger charge is -2.34. The van der Waals surface area contributed by atoms with Crippen LogP contribution in [0.5, 0.6) is 0 Å². The van der Waals surface area contributed by atoms with E-state index in [1.807, 2.05) is 76.0 Å². The lowest BCUT2D eigenvalue weighted by Crippen LogP contribution is -2.43. The first-order valence-electron chi connectivity index (χ1n) is 26.2. The summed E-state index contributed by atoms with van der Waals surface area (Å²) in [5, 5.41) is 25.0. The zero-order chi connectivity index (χ0) is 58.9. The van der Waals surface area contributed by atoms with Crippen molar-refractivity contribution >= 4 is 97.6 Å². The van der Waals surface area contributed by atoms with Gasteiger partial charge in [-0.05, 0) is 145 Å². The van der Waals surface area contributed by atoms with Crippen LogP contribution in [0.15, 0.2) is 97.8 Å². The number of benzene rings is 2. The summed E-state index contributed by atoms with van der Waals surface area (Å²) in [5.74, 6) is 0.792. The van der Waals surface area contributed by atoms with Gasteiger partial charge in [-0.1, -0.05) is 29.8 Å². The maximum Gasteiger partial charge on any atom is 0.410 e. The number of nitrogens with two attached hydrogens (primary N) is 2. The number of ether oxygens (including phenoxy) is 2. The number of aromatic nitrogens is 10. The molecule has 25 heteroatoms. The second-order valence-corrected chi connectivity index (χ2v) is 22.3. The molecule has 6 N–H and O–H groups in total. The molecule has 82 heavy (non-hydrogen) atoms. The van der Waals surface area contributed by atoms with Gasteiger partial charge in [0.2, 0.25) is 0 Å². The van der Waals surface area contributed by atoms with Gasteiger partial charge in [-0.3, -0.25) is 9.59 Å². The highest BCUT2D eigenvalue weighted by atomic mass is 127. The van der Waals surface area contributed by atoms with Gasteiger partial charge in [-0.2, -0.15) is 15.5 Å². The van der Waals surface area contributed by atoms with Crippen molar-refractivity contribution in [3.05, 3.63) is 135 Å². The van der Waals surface area contributed by atoms with Crippen LogP contribution in [0.25, 0.3) is 38.2 Å². The van der Waals surface area contributed by atoms with E-state index in [1.165, 1.54) is 37.2 Å². The van der Waals surface area contributed by atoms with E-state index in [1.54, 1.807) is 58.3 Å². The van der Waals surface area contributed by atoms with Crippen molar-refractivity contribution in [3.8, 4) is 17.3 Å². The SMILES string of the molecule is CC(C)(C)OC(=O)N1CCC[C@@H](n2nc(I)c3c(N)ncnc32)C1.Cc1ccc(C(=O)Nc2cc(C#N)ccn2)cc1.[C-]#[N+]c1ccnc(NC(=O)c2ccc(-c3nn([C@@H]4CCCN(C(=O)OC(C)(C)C)C4)c4ncnc(N)c34)cc2)c1. The Hall–Kier alpha value is -9.37. The average molecular weight is 1220 g/mol. The van der Waals surface area contributed by atoms with Gasteiger partial charge < -0.3 is 41.4 Å². The quantitative estimate of drug-likeness (QED) is 0.0851. The Balaban J connectivity index is 0.000000177. The molecule has 10 rings (SSSR count). The predicted molar refractivity (Wildman–Crippen MR) is 316 cm³/mol. The van der Waals surface area contributed by atoms with Crippen molar-refractivity contribution in [1.29, 1.82) is 5.26 Å². The summed E-state index contributed by atoms with van der Waals surface area (Å²) in [6.07, 6.45) is 8.58. The molecule has 0 aliphatic carbocycles. The number of nitrogens with zero attached hydrogens (tertiary/aromatic N) is 14. The van der Waals surface area contributed by atoms with Crippen molar-refractivity contribution in [2.75, 3.05) is 48.3 Å². The average Bonchev–Trinajstić information content (AvgIpc) is 2.98. The summed E-state index contributed by atoms with van der Waals surface area (Å²) in [6.45, 7) is 22.5. The minimum atomic E-state index is -0.585. The van der Waals surface area contributed by atoms with E-state index in [4.69, 9.17) is 37.9 Å². The monoisotopic (exact) mass is 1220 g/mol. The minimum Gasteiger partial charge on any atom is -0.444 e. The van der Waals surface area contributed by atoms with Crippen LogP contribution in [-0.4, -0.2) is 121 Å². The first-order valence-corrected chi connectivity index (χ1v) is 27.2. The van der Waals surface area contributed by atoms with Crippen LogP contribution in [-0.2, 0) is 9.47 Å². The Morgan fingerprint density at radius 1 is 0.683 bits per heavy atom. The van der Waals surface area contributed by atoms with Crippen molar-refractivity contribution in [1.82, 2.24) is 59.3 Å². The molecule has 6 aromatic heterocycles. The number of rotatable bonds is 7. The molecule has 8 heterocycles. The van der Waals surface area contributed by atoms with Crippen molar-refractivity contribution in [2.45, 2.75) is 97.4 Å². The van der Waals surface area contributed by atoms with E-state index in [9.17, 15) is 19.2 Å². The van der Waals surface area contributed by atoms with Gasteiger partial charge in [0.25, 0.3) is 11.8 Å². The molecule has 0 bridgehead atoms. The molecule has 0 spiro atoms. The van der Waals surface area contributed by atoms with Crippen LogP contribution < -0.4 is 22.1 Å². The Bertz CT molecular complexity index is 3730. The van der Waals surface area contributed by atoms with Crippen molar-refractivity contribution in [3.63, 3.8) is 0 Å². The number of hydrogen-bond acceptors (Lipinski definition) is 17. The topological polar surface area (TPSA) is 310 Å². The number of pyridine rings is 2. The summed E-state index contributed by atoms with van der Waals surface area (Å²) in [6, 6.07) is 22.3. The van der Waals surface area contributed by atoms with E-state index >= 15 is 0 Å². The highest BCUT2D eigenvalue weighted by molar-refractivity contribution is 14.1. The zero-order valence-electron chi connectivity index (χ0n) is 46.3. The molecule has 2 fully saturated rings. The van der Waals surface area contributed by atoms with E-state index in [2.05, 4.69) is 73.1 Å². The summed E-state index contributed by atoms with van der Waals surface area (Å²) in [5.41, 5.74) is 16.7. The fraction of sp³-hybridized carbons (Fsp3) is 0.333. The second kappa shape index (κ2) is 25.4. The third kappa shape index (κ3) is 14.7. The number of nitrogens with one attached hydrogen (secondary N) is 2. The molecule has 0 radical (unpaired) electrons. The Morgan fingerprint density at radius 3 is 1.70 bits per heavy atom. The van der Waals surface area contributed by atoms with Crippen LogP contribution in [0.2, 0.25) is 0 Å². The summed E-state index contributed by atoms with van der Waals surface area (Å²) in [7, 11) is 0. The predicted octanol–water partition coefficient (Wildman–Crippen LogP) is 9.94. The molecule has 2 atom stereocenters. The molecule has 0 unspecified atom stereocenters. The third-order valence-electron chi connectivity index (χ3n) is 12.8. The van der Waals surface area contributed by atoms with Gasteiger partial charge in [-0.25, -0.2) is 53.7 Å². The number of halogens is 1. The van der Waals surface area contributed by atoms with Gasteiger partial charge in [0, 0.05) is 55.3 Å². The number of hydrogen-bond donors (Lipinski definition) is 4. The van der Waals surface area contributed by atoms with E-state index in [0.29, 0.717) is 94.2 Å². The molecular formula is C57H61IN18O6. The summed E-state index contributed by atoms with van der Waals surface area (Å²) < 4.78 is 15.5. The third-order valence-corrected chi connectivity index (χ3v) is 13.5. The number of anilines is 4. The summed E-state index contributed by atoms with van der Waals surface area (Å²) in [4.78, 5) is 81.7. The lowest BCUT2D eigenvalue weighted by atomic mass is 10.1. The first-order chi connectivity index (χ1) is 39.1. The largest absolute Gasteiger partial charge is 0.444 e. The highest BCUT2D eigenvalue weighted by Gasteiger charge is 2.33. The van der Waals surface area contributed by atoms with Crippen LogP contribution in [0.3, 0.4) is 0 Å². The van der Waals surface area contributed by atoms with Gasteiger partial charge in [-0.15, -0.1) is 0 Å². The molecule has 4 amide bonds. The molecule has 2 aliphatic heterocycles. The fourth-order valence-electron chi connectivity index (χ4n) is 8.94. The maximum absolute atomic E-state index is 12.8. The van der Waals surface area contributed by atoms with E-state index < -0.39 is 11.2 Å². The number of aryl methyl sites for hydroxylation is 1. The highest BCUT2D eigenvalue weighted by Crippen LogP contribution is 2.35. The van der Waals surface area contributed by atoms with Crippen LogP contribution >= 0.6 is 22.6 Å². The molecule has 24 nitrogen and oxygen atoms in total. The minimum absolute atomic E-state index is 0.0478. The smallest absolute Gasteiger partial charge is 0.410 e. The number of amides is 4.